The maximum absolute atomic E-state index is 6.11. The number of nitrogens with two attached hydrogens (primary N) is 1. The second kappa shape index (κ2) is 3.65. The Labute approximate surface area is 105 Å². The Hall–Kier alpha value is -1.69. The first-order valence-corrected chi connectivity index (χ1v) is 6.51. The largest absolute Gasteiger partial charge is 0.347 e. The Morgan fingerprint density at radius 2 is 2.00 bits per heavy atom. The molecule has 2 aromatic heterocycles. The third-order valence-corrected chi connectivity index (χ3v) is 4.21. The fourth-order valence-corrected chi connectivity index (χ4v) is 3.49. The molecule has 2 unspecified atom stereocenters. The van der Waals surface area contributed by atoms with Crippen molar-refractivity contribution in [1.82, 2.24) is 19.6 Å². The van der Waals surface area contributed by atoms with Crippen LogP contribution in [0.25, 0.3) is 5.65 Å². The van der Waals surface area contributed by atoms with E-state index >= 15 is 0 Å². The molecule has 2 saturated heterocycles. The third-order valence-electron chi connectivity index (χ3n) is 4.21. The molecule has 2 aromatic rings. The number of anilines is 1. The van der Waals surface area contributed by atoms with Gasteiger partial charge < -0.3 is 10.6 Å². The van der Waals surface area contributed by atoms with E-state index in [4.69, 9.17) is 5.73 Å². The summed E-state index contributed by atoms with van der Waals surface area (Å²) in [7, 11) is 0. The number of aromatic nitrogens is 4. The number of rotatable bonds is 1. The average Bonchev–Trinajstić information content (AvgIpc) is 2.92. The molecule has 2 N–H and O–H groups in total. The van der Waals surface area contributed by atoms with E-state index in [1.807, 2.05) is 16.8 Å². The first-order valence-electron chi connectivity index (χ1n) is 6.51. The van der Waals surface area contributed by atoms with Crippen LogP contribution in [0.1, 0.15) is 25.7 Å². The molecule has 0 spiro atoms. The lowest BCUT2D eigenvalue weighted by Gasteiger charge is -2.38. The molecule has 4 rings (SSSR count). The van der Waals surface area contributed by atoms with Crippen LogP contribution in [0.2, 0.25) is 0 Å². The second-order valence-corrected chi connectivity index (χ2v) is 5.34. The van der Waals surface area contributed by atoms with Crippen LogP contribution in [0.4, 0.5) is 5.82 Å². The van der Waals surface area contributed by atoms with Gasteiger partial charge in [-0.05, 0) is 25.7 Å². The van der Waals surface area contributed by atoms with Gasteiger partial charge in [0.2, 0.25) is 5.65 Å². The molecule has 2 atom stereocenters. The smallest absolute Gasteiger partial charge is 0.203 e. The Bertz CT molecular complexity index is 565. The normalized spacial score (nSPS) is 31.2. The predicted molar refractivity (Wildman–Crippen MR) is 67.3 cm³/mol. The van der Waals surface area contributed by atoms with Crippen molar-refractivity contribution in [3.05, 3.63) is 18.7 Å². The second-order valence-electron chi connectivity index (χ2n) is 5.34. The van der Waals surface area contributed by atoms with Crippen molar-refractivity contribution < 1.29 is 0 Å². The highest BCUT2D eigenvalue weighted by atomic mass is 15.3. The summed E-state index contributed by atoms with van der Waals surface area (Å²) in [5.74, 6) is 0.967. The minimum Gasteiger partial charge on any atom is -0.347 e. The fraction of sp³-hybridized carbons (Fsp3) is 0.583. The number of fused-ring (bicyclic) bond motifs is 3. The van der Waals surface area contributed by atoms with E-state index in [0.29, 0.717) is 18.1 Å². The molecule has 6 heteroatoms. The monoisotopic (exact) mass is 244 g/mol. The lowest BCUT2D eigenvalue weighted by molar-refractivity contribution is 0.412. The van der Waals surface area contributed by atoms with Crippen LogP contribution in [0.15, 0.2) is 18.7 Å². The van der Waals surface area contributed by atoms with Crippen LogP contribution in [0.3, 0.4) is 0 Å². The van der Waals surface area contributed by atoms with Crippen molar-refractivity contribution in [2.75, 3.05) is 4.90 Å². The summed E-state index contributed by atoms with van der Waals surface area (Å²) in [6.07, 6.45) is 9.99. The minimum atomic E-state index is 0.344. The highest BCUT2D eigenvalue weighted by Crippen LogP contribution is 2.38. The number of piperidine rings is 1. The van der Waals surface area contributed by atoms with Gasteiger partial charge in [0.25, 0.3) is 0 Å². The van der Waals surface area contributed by atoms with Crippen LogP contribution in [0, 0.1) is 0 Å². The van der Waals surface area contributed by atoms with Gasteiger partial charge in [-0.3, -0.25) is 4.40 Å². The highest BCUT2D eigenvalue weighted by molar-refractivity contribution is 5.65. The zero-order valence-corrected chi connectivity index (χ0v) is 10.1. The lowest BCUT2D eigenvalue weighted by atomic mass is 9.98. The van der Waals surface area contributed by atoms with Gasteiger partial charge in [0.05, 0.1) is 0 Å². The fourth-order valence-electron chi connectivity index (χ4n) is 3.49. The van der Waals surface area contributed by atoms with Gasteiger partial charge in [-0.2, -0.15) is 0 Å². The molecule has 94 valence electrons. The summed E-state index contributed by atoms with van der Waals surface area (Å²) >= 11 is 0. The zero-order chi connectivity index (χ0) is 12.1. The maximum Gasteiger partial charge on any atom is 0.203 e. The van der Waals surface area contributed by atoms with E-state index in [1.165, 1.54) is 12.8 Å². The van der Waals surface area contributed by atoms with Crippen molar-refractivity contribution in [2.45, 2.75) is 43.8 Å². The topological polar surface area (TPSA) is 72.3 Å². The molecule has 2 fully saturated rings. The Morgan fingerprint density at radius 3 is 2.78 bits per heavy atom. The molecular weight excluding hydrogens is 228 g/mol. The summed E-state index contributed by atoms with van der Waals surface area (Å²) in [4.78, 5) is 6.95. The molecule has 18 heavy (non-hydrogen) atoms. The quantitative estimate of drug-likeness (QED) is 0.794. The van der Waals surface area contributed by atoms with Gasteiger partial charge in [0.1, 0.15) is 6.33 Å². The minimum absolute atomic E-state index is 0.344. The van der Waals surface area contributed by atoms with Gasteiger partial charge in [0.15, 0.2) is 5.82 Å². The van der Waals surface area contributed by atoms with Crippen molar-refractivity contribution in [2.24, 2.45) is 5.73 Å². The highest BCUT2D eigenvalue weighted by Gasteiger charge is 2.41. The van der Waals surface area contributed by atoms with E-state index in [0.717, 1.165) is 24.3 Å². The zero-order valence-electron chi connectivity index (χ0n) is 10.1. The molecule has 6 nitrogen and oxygen atoms in total. The van der Waals surface area contributed by atoms with Gasteiger partial charge in [-0.15, -0.1) is 10.2 Å². The lowest BCUT2D eigenvalue weighted by Crippen LogP contribution is -2.48. The summed E-state index contributed by atoms with van der Waals surface area (Å²) in [5, 5.41) is 8.15. The number of nitrogens with zero attached hydrogens (tertiary/aromatic N) is 5. The summed E-state index contributed by atoms with van der Waals surface area (Å²) in [5.41, 5.74) is 6.96. The molecule has 0 aromatic carbocycles. The Morgan fingerprint density at radius 1 is 1.22 bits per heavy atom. The van der Waals surface area contributed by atoms with E-state index in [1.54, 1.807) is 6.33 Å². The van der Waals surface area contributed by atoms with E-state index < -0.39 is 0 Å². The molecule has 0 aliphatic carbocycles. The van der Waals surface area contributed by atoms with E-state index in [2.05, 4.69) is 20.1 Å². The molecule has 4 heterocycles. The summed E-state index contributed by atoms with van der Waals surface area (Å²) in [6, 6.07) is 1.39. The number of hydrogen-bond donors (Lipinski definition) is 1. The van der Waals surface area contributed by atoms with Gasteiger partial charge in [-0.25, -0.2) is 4.98 Å². The molecular formula is C12H16N6. The molecule has 2 bridgehead atoms. The summed E-state index contributed by atoms with van der Waals surface area (Å²) < 4.78 is 1.93. The average molecular weight is 244 g/mol. The van der Waals surface area contributed by atoms with Crippen LogP contribution in [-0.4, -0.2) is 37.7 Å². The molecule has 0 amide bonds. The SMILES string of the molecule is NC1CC2CCC(C1)N2c1nccn2cnnc12. The molecule has 2 aliphatic rings. The maximum atomic E-state index is 6.11. The Kier molecular flexibility index (Phi) is 2.08. The summed E-state index contributed by atoms with van der Waals surface area (Å²) in [6.45, 7) is 0. The molecule has 2 aliphatic heterocycles. The first kappa shape index (κ1) is 10.3. The first-order chi connectivity index (χ1) is 8.83. The van der Waals surface area contributed by atoms with Crippen molar-refractivity contribution in [3.8, 4) is 0 Å². The Balaban J connectivity index is 1.81. The van der Waals surface area contributed by atoms with E-state index in [9.17, 15) is 0 Å². The third kappa shape index (κ3) is 1.35. The van der Waals surface area contributed by atoms with Gasteiger partial charge >= 0.3 is 0 Å². The van der Waals surface area contributed by atoms with Gasteiger partial charge in [0, 0.05) is 30.5 Å². The number of hydrogen-bond acceptors (Lipinski definition) is 5. The van der Waals surface area contributed by atoms with Crippen LogP contribution >= 0.6 is 0 Å². The predicted octanol–water partition coefficient (Wildman–Crippen LogP) is 0.583. The van der Waals surface area contributed by atoms with Crippen LogP contribution < -0.4 is 10.6 Å². The van der Waals surface area contributed by atoms with Crippen molar-refractivity contribution in [1.29, 1.82) is 0 Å². The van der Waals surface area contributed by atoms with Crippen molar-refractivity contribution in [3.63, 3.8) is 0 Å². The van der Waals surface area contributed by atoms with Gasteiger partial charge in [-0.1, -0.05) is 0 Å². The van der Waals surface area contributed by atoms with Crippen molar-refractivity contribution >= 4 is 11.5 Å². The van der Waals surface area contributed by atoms with Crippen LogP contribution in [-0.2, 0) is 0 Å². The van der Waals surface area contributed by atoms with E-state index in [-0.39, 0.29) is 0 Å². The molecule has 0 radical (unpaired) electrons. The standard InChI is InChI=1S/C12H16N6/c13-8-5-9-1-2-10(6-8)18(9)11-12-16-15-7-17(12)4-3-14-11/h3-4,7-10H,1-2,5-6,13H2. The molecule has 0 saturated carbocycles. The van der Waals surface area contributed by atoms with Crippen LogP contribution in [0.5, 0.6) is 0 Å².